The molecule has 0 aliphatic heterocycles. The SMILES string of the molecule is O=S(=O)(N/N=C\c1cc(Br)ccc1O)c1ccc(Cl)cc1. The molecule has 0 spiro atoms. The van der Waals surface area contributed by atoms with Gasteiger partial charge in [0.1, 0.15) is 5.75 Å². The molecule has 0 heterocycles. The Hall–Kier alpha value is -1.57. The summed E-state index contributed by atoms with van der Waals surface area (Å²) in [6.07, 6.45) is 1.22. The third-order valence-electron chi connectivity index (χ3n) is 2.49. The average molecular weight is 390 g/mol. The van der Waals surface area contributed by atoms with Gasteiger partial charge in [-0.2, -0.15) is 13.5 Å². The van der Waals surface area contributed by atoms with Gasteiger partial charge in [-0.3, -0.25) is 0 Å². The van der Waals surface area contributed by atoms with Crippen LogP contribution in [0.15, 0.2) is 56.9 Å². The van der Waals surface area contributed by atoms with Gasteiger partial charge in [-0.1, -0.05) is 27.5 Å². The molecular weight excluding hydrogens is 380 g/mol. The molecule has 2 rings (SSSR count). The molecule has 0 atom stereocenters. The summed E-state index contributed by atoms with van der Waals surface area (Å²) >= 11 is 8.95. The summed E-state index contributed by atoms with van der Waals surface area (Å²) in [5.41, 5.74) is 0.378. The fourth-order valence-electron chi connectivity index (χ4n) is 1.46. The molecule has 0 saturated heterocycles. The number of rotatable bonds is 4. The number of sulfonamides is 1. The number of hydrogen-bond acceptors (Lipinski definition) is 4. The summed E-state index contributed by atoms with van der Waals surface area (Å²) in [7, 11) is -3.77. The second kappa shape index (κ2) is 6.46. The van der Waals surface area contributed by atoms with E-state index in [-0.39, 0.29) is 10.6 Å². The largest absolute Gasteiger partial charge is 0.507 e. The quantitative estimate of drug-likeness (QED) is 0.623. The highest BCUT2D eigenvalue weighted by Gasteiger charge is 2.12. The Morgan fingerprint density at radius 3 is 2.52 bits per heavy atom. The topological polar surface area (TPSA) is 78.8 Å². The van der Waals surface area contributed by atoms with E-state index in [2.05, 4.69) is 25.9 Å². The molecule has 0 bridgehead atoms. The third-order valence-corrected chi connectivity index (χ3v) is 4.47. The fraction of sp³-hybridized carbons (Fsp3) is 0. The minimum atomic E-state index is -3.77. The molecule has 21 heavy (non-hydrogen) atoms. The van der Waals surface area contributed by atoms with Crippen LogP contribution in [0.3, 0.4) is 0 Å². The number of nitrogens with one attached hydrogen (secondary N) is 1. The van der Waals surface area contributed by atoms with Crippen LogP contribution in [0.1, 0.15) is 5.56 Å². The number of benzene rings is 2. The van der Waals surface area contributed by atoms with Crippen molar-refractivity contribution in [3.8, 4) is 5.75 Å². The van der Waals surface area contributed by atoms with Gasteiger partial charge in [0.15, 0.2) is 0 Å². The molecule has 110 valence electrons. The van der Waals surface area contributed by atoms with E-state index in [9.17, 15) is 13.5 Å². The Kier molecular flexibility index (Phi) is 4.87. The Morgan fingerprint density at radius 2 is 1.86 bits per heavy atom. The molecule has 2 N–H and O–H groups in total. The van der Waals surface area contributed by atoms with Crippen molar-refractivity contribution in [3.05, 3.63) is 57.5 Å². The molecular formula is C13H10BrClN2O3S. The summed E-state index contributed by atoms with van der Waals surface area (Å²) in [5, 5.41) is 13.7. The van der Waals surface area contributed by atoms with Crippen molar-refractivity contribution >= 4 is 43.8 Å². The first-order chi connectivity index (χ1) is 9.88. The number of phenols is 1. The molecule has 0 aliphatic rings. The minimum absolute atomic E-state index is 0.00681. The fourth-order valence-corrected chi connectivity index (χ4v) is 2.76. The lowest BCUT2D eigenvalue weighted by Gasteiger charge is -2.03. The van der Waals surface area contributed by atoms with Crippen LogP contribution >= 0.6 is 27.5 Å². The number of phenolic OH excluding ortho intramolecular Hbond substituents is 1. The van der Waals surface area contributed by atoms with Crippen molar-refractivity contribution in [3.63, 3.8) is 0 Å². The molecule has 5 nitrogen and oxygen atoms in total. The maximum absolute atomic E-state index is 11.9. The van der Waals surface area contributed by atoms with Gasteiger partial charge in [0, 0.05) is 15.1 Å². The van der Waals surface area contributed by atoms with Gasteiger partial charge < -0.3 is 5.11 Å². The summed E-state index contributed by atoms with van der Waals surface area (Å²) in [6.45, 7) is 0. The Morgan fingerprint density at radius 1 is 1.19 bits per heavy atom. The number of hydrazone groups is 1. The molecule has 2 aromatic carbocycles. The van der Waals surface area contributed by atoms with Crippen LogP contribution in [0, 0.1) is 0 Å². The molecule has 0 saturated carbocycles. The molecule has 2 aromatic rings. The van der Waals surface area contributed by atoms with E-state index in [1.807, 2.05) is 0 Å². The van der Waals surface area contributed by atoms with Crippen molar-refractivity contribution < 1.29 is 13.5 Å². The van der Waals surface area contributed by atoms with Gasteiger partial charge in [0.2, 0.25) is 0 Å². The highest BCUT2D eigenvalue weighted by Crippen LogP contribution is 2.20. The molecule has 8 heteroatoms. The van der Waals surface area contributed by atoms with Gasteiger partial charge >= 0.3 is 0 Å². The van der Waals surface area contributed by atoms with Crippen LogP contribution in [0.2, 0.25) is 5.02 Å². The number of halogens is 2. The highest BCUT2D eigenvalue weighted by atomic mass is 79.9. The zero-order valence-electron chi connectivity index (χ0n) is 10.5. The molecule has 0 amide bonds. The van der Waals surface area contributed by atoms with Gasteiger partial charge in [0.25, 0.3) is 10.0 Å². The van der Waals surface area contributed by atoms with Crippen molar-refractivity contribution in [2.75, 3.05) is 0 Å². The number of nitrogens with zero attached hydrogens (tertiary/aromatic N) is 1. The summed E-state index contributed by atoms with van der Waals surface area (Å²) < 4.78 is 24.6. The first-order valence-electron chi connectivity index (χ1n) is 5.67. The van der Waals surface area contributed by atoms with Crippen molar-refractivity contribution in [2.24, 2.45) is 5.10 Å². The van der Waals surface area contributed by atoms with E-state index >= 15 is 0 Å². The summed E-state index contributed by atoms with van der Waals surface area (Å²) in [5.74, 6) is -0.00681. The van der Waals surface area contributed by atoms with Crippen molar-refractivity contribution in [2.45, 2.75) is 4.90 Å². The van der Waals surface area contributed by atoms with Crippen LogP contribution < -0.4 is 4.83 Å². The average Bonchev–Trinajstić information content (AvgIpc) is 2.43. The number of hydrogen-bond donors (Lipinski definition) is 2. The van der Waals surface area contributed by atoms with Crippen LogP contribution in [0.5, 0.6) is 5.75 Å². The van der Waals surface area contributed by atoms with Gasteiger partial charge in [-0.25, -0.2) is 4.83 Å². The maximum atomic E-state index is 11.9. The normalized spacial score (nSPS) is 11.7. The lowest BCUT2D eigenvalue weighted by molar-refractivity contribution is 0.474. The monoisotopic (exact) mass is 388 g/mol. The van der Waals surface area contributed by atoms with Crippen molar-refractivity contribution in [1.82, 2.24) is 4.83 Å². The molecule has 0 aliphatic carbocycles. The van der Waals surface area contributed by atoms with Crippen molar-refractivity contribution in [1.29, 1.82) is 0 Å². The van der Waals surface area contributed by atoms with E-state index in [4.69, 9.17) is 11.6 Å². The Labute approximate surface area is 135 Å². The lowest BCUT2D eigenvalue weighted by Crippen LogP contribution is -2.18. The Bertz CT molecular complexity index is 777. The predicted molar refractivity (Wildman–Crippen MR) is 85.2 cm³/mol. The highest BCUT2D eigenvalue weighted by molar-refractivity contribution is 9.10. The zero-order valence-corrected chi connectivity index (χ0v) is 13.7. The third kappa shape index (κ3) is 4.20. The van der Waals surface area contributed by atoms with Gasteiger partial charge in [-0.15, -0.1) is 0 Å². The van der Waals surface area contributed by atoms with E-state index in [1.54, 1.807) is 12.1 Å². The standard InChI is InChI=1S/C13H10BrClN2O3S/c14-10-1-6-13(18)9(7-10)8-16-17-21(19,20)12-4-2-11(15)3-5-12/h1-8,17-18H/b16-8-. The van der Waals surface area contributed by atoms with E-state index in [1.165, 1.54) is 36.5 Å². The molecule has 0 radical (unpaired) electrons. The lowest BCUT2D eigenvalue weighted by atomic mass is 10.2. The zero-order chi connectivity index (χ0) is 15.5. The number of aromatic hydroxyl groups is 1. The van der Waals surface area contributed by atoms with Crippen LogP contribution in [-0.2, 0) is 10.0 Å². The maximum Gasteiger partial charge on any atom is 0.276 e. The van der Waals surface area contributed by atoms with E-state index in [0.717, 1.165) is 4.47 Å². The predicted octanol–water partition coefficient (Wildman–Crippen LogP) is 3.12. The smallest absolute Gasteiger partial charge is 0.276 e. The second-order valence-electron chi connectivity index (χ2n) is 4.01. The molecule has 0 fully saturated rings. The first-order valence-corrected chi connectivity index (χ1v) is 8.33. The van der Waals surface area contributed by atoms with Gasteiger partial charge in [0.05, 0.1) is 11.1 Å². The second-order valence-corrected chi connectivity index (χ2v) is 7.02. The van der Waals surface area contributed by atoms with E-state index < -0.39 is 10.0 Å². The van der Waals surface area contributed by atoms with E-state index in [0.29, 0.717) is 10.6 Å². The molecule has 0 aromatic heterocycles. The summed E-state index contributed by atoms with van der Waals surface area (Å²) in [6, 6.07) is 10.4. The molecule has 0 unspecified atom stereocenters. The Balaban J connectivity index is 2.16. The minimum Gasteiger partial charge on any atom is -0.507 e. The van der Waals surface area contributed by atoms with Gasteiger partial charge in [-0.05, 0) is 42.5 Å². The van der Waals surface area contributed by atoms with Crippen LogP contribution in [0.25, 0.3) is 0 Å². The van der Waals surface area contributed by atoms with Crippen LogP contribution in [-0.4, -0.2) is 19.7 Å². The summed E-state index contributed by atoms with van der Waals surface area (Å²) in [4.78, 5) is 2.11. The first kappa shape index (κ1) is 15.8. The van der Waals surface area contributed by atoms with Crippen LogP contribution in [0.4, 0.5) is 0 Å².